The smallest absolute Gasteiger partial charge is 0.161 e. The van der Waals surface area contributed by atoms with Gasteiger partial charge in [-0.25, -0.2) is 0 Å². The summed E-state index contributed by atoms with van der Waals surface area (Å²) >= 11 is 1.67. The standard InChI is InChI=1S/C22H25NO3S/c1-16(22(24)18-7-4-3-5-8-18)23-14-17-10-11-20(21(13-17)25-2)26-15-19-9-6-12-27-19/h3-13,16,22-24H,14-15H2,1-2H3/t16-,22+/m0/s1. The van der Waals surface area contributed by atoms with Gasteiger partial charge in [0, 0.05) is 17.5 Å². The minimum atomic E-state index is -0.554. The SMILES string of the molecule is COc1cc(CN[C@@H](C)[C@@H](O)c2ccccc2)ccc1OCc1cccs1. The molecule has 0 aliphatic heterocycles. The predicted octanol–water partition coefficient (Wildman–Crippen LogP) is 4.55. The summed E-state index contributed by atoms with van der Waals surface area (Å²) in [6.45, 7) is 3.14. The Morgan fingerprint density at radius 3 is 2.56 bits per heavy atom. The van der Waals surface area contributed by atoms with Gasteiger partial charge in [0.1, 0.15) is 6.61 Å². The summed E-state index contributed by atoms with van der Waals surface area (Å²) in [5, 5.41) is 15.9. The van der Waals surface area contributed by atoms with Crippen LogP contribution in [-0.2, 0) is 13.2 Å². The van der Waals surface area contributed by atoms with Crippen molar-refractivity contribution in [3.63, 3.8) is 0 Å². The Labute approximate surface area is 164 Å². The molecule has 142 valence electrons. The molecule has 0 bridgehead atoms. The van der Waals surface area contributed by atoms with Crippen LogP contribution in [0.25, 0.3) is 0 Å². The van der Waals surface area contributed by atoms with E-state index in [1.807, 2.05) is 66.9 Å². The lowest BCUT2D eigenvalue weighted by Gasteiger charge is -2.21. The van der Waals surface area contributed by atoms with Crippen LogP contribution in [-0.4, -0.2) is 18.3 Å². The zero-order chi connectivity index (χ0) is 19.1. The number of ether oxygens (including phenoxy) is 2. The van der Waals surface area contributed by atoms with Crippen molar-refractivity contribution in [2.75, 3.05) is 7.11 Å². The van der Waals surface area contributed by atoms with Gasteiger partial charge in [-0.1, -0.05) is 42.5 Å². The van der Waals surface area contributed by atoms with Crippen LogP contribution in [0.15, 0.2) is 66.0 Å². The van der Waals surface area contributed by atoms with E-state index < -0.39 is 6.10 Å². The number of thiophene rings is 1. The third-order valence-corrected chi connectivity index (χ3v) is 5.27. The van der Waals surface area contributed by atoms with Gasteiger partial charge in [-0.2, -0.15) is 0 Å². The number of benzene rings is 2. The van der Waals surface area contributed by atoms with E-state index in [2.05, 4.69) is 11.4 Å². The number of nitrogens with one attached hydrogen (secondary N) is 1. The Hall–Kier alpha value is -2.34. The lowest BCUT2D eigenvalue weighted by Crippen LogP contribution is -2.31. The van der Waals surface area contributed by atoms with Gasteiger partial charge in [-0.3, -0.25) is 0 Å². The fraction of sp³-hybridized carbons (Fsp3) is 0.273. The highest BCUT2D eigenvalue weighted by atomic mass is 32.1. The topological polar surface area (TPSA) is 50.7 Å². The molecule has 0 unspecified atom stereocenters. The first-order valence-electron chi connectivity index (χ1n) is 8.96. The molecule has 4 nitrogen and oxygen atoms in total. The highest BCUT2D eigenvalue weighted by Gasteiger charge is 2.16. The van der Waals surface area contributed by atoms with Gasteiger partial charge in [0.05, 0.1) is 13.2 Å². The molecule has 0 fully saturated rings. The van der Waals surface area contributed by atoms with Crippen LogP contribution in [0.5, 0.6) is 11.5 Å². The molecular weight excluding hydrogens is 358 g/mol. The minimum Gasteiger partial charge on any atom is -0.493 e. The molecule has 2 aromatic carbocycles. The molecule has 0 spiro atoms. The molecular formula is C22H25NO3S. The lowest BCUT2D eigenvalue weighted by atomic mass is 10.0. The summed E-state index contributed by atoms with van der Waals surface area (Å²) in [6, 6.07) is 19.6. The Balaban J connectivity index is 1.58. The molecule has 0 aliphatic rings. The van der Waals surface area contributed by atoms with Crippen LogP contribution in [0.4, 0.5) is 0 Å². The maximum Gasteiger partial charge on any atom is 0.161 e. The first-order chi connectivity index (χ1) is 13.2. The summed E-state index contributed by atoms with van der Waals surface area (Å²) in [6.07, 6.45) is -0.554. The molecule has 5 heteroatoms. The summed E-state index contributed by atoms with van der Waals surface area (Å²) in [5.74, 6) is 1.44. The van der Waals surface area contributed by atoms with Crippen molar-refractivity contribution in [3.05, 3.63) is 82.0 Å². The van der Waals surface area contributed by atoms with Crippen LogP contribution in [0.3, 0.4) is 0 Å². The molecule has 3 rings (SSSR count). The van der Waals surface area contributed by atoms with Crippen molar-refractivity contribution >= 4 is 11.3 Å². The average molecular weight is 384 g/mol. The molecule has 2 N–H and O–H groups in total. The summed E-state index contributed by atoms with van der Waals surface area (Å²) in [7, 11) is 1.65. The van der Waals surface area contributed by atoms with Gasteiger partial charge in [0.15, 0.2) is 11.5 Å². The second kappa shape index (κ2) is 9.55. The third-order valence-electron chi connectivity index (χ3n) is 4.42. The predicted molar refractivity (Wildman–Crippen MR) is 109 cm³/mol. The lowest BCUT2D eigenvalue weighted by molar-refractivity contribution is 0.135. The molecule has 0 amide bonds. The van der Waals surface area contributed by atoms with Crippen LogP contribution < -0.4 is 14.8 Å². The monoisotopic (exact) mass is 383 g/mol. The molecule has 0 radical (unpaired) electrons. The summed E-state index contributed by atoms with van der Waals surface area (Å²) in [5.41, 5.74) is 1.98. The number of hydrogen-bond acceptors (Lipinski definition) is 5. The van der Waals surface area contributed by atoms with Gasteiger partial charge in [0.25, 0.3) is 0 Å². The number of hydrogen-bond donors (Lipinski definition) is 2. The Morgan fingerprint density at radius 2 is 1.85 bits per heavy atom. The highest BCUT2D eigenvalue weighted by molar-refractivity contribution is 7.09. The van der Waals surface area contributed by atoms with Crippen LogP contribution in [0.2, 0.25) is 0 Å². The fourth-order valence-electron chi connectivity index (χ4n) is 2.81. The van der Waals surface area contributed by atoms with E-state index in [0.717, 1.165) is 16.9 Å². The Morgan fingerprint density at radius 1 is 1.04 bits per heavy atom. The van der Waals surface area contributed by atoms with Crippen LogP contribution >= 0.6 is 11.3 Å². The van der Waals surface area contributed by atoms with E-state index in [1.165, 1.54) is 4.88 Å². The van der Waals surface area contributed by atoms with Gasteiger partial charge in [0.2, 0.25) is 0 Å². The van der Waals surface area contributed by atoms with Crippen molar-refractivity contribution in [3.8, 4) is 11.5 Å². The van der Waals surface area contributed by atoms with Crippen molar-refractivity contribution in [2.45, 2.75) is 32.2 Å². The molecule has 0 saturated heterocycles. The second-order valence-electron chi connectivity index (χ2n) is 6.38. The van der Waals surface area contributed by atoms with Crippen molar-refractivity contribution in [1.82, 2.24) is 5.32 Å². The quantitative estimate of drug-likeness (QED) is 0.569. The fourth-order valence-corrected chi connectivity index (χ4v) is 3.43. The van der Waals surface area contributed by atoms with Gasteiger partial charge < -0.3 is 19.9 Å². The van der Waals surface area contributed by atoms with Gasteiger partial charge in [-0.15, -0.1) is 11.3 Å². The Bertz CT molecular complexity index is 821. The molecule has 1 aromatic heterocycles. The molecule has 27 heavy (non-hydrogen) atoms. The van der Waals surface area contributed by atoms with Gasteiger partial charge in [-0.05, 0) is 41.6 Å². The molecule has 1 heterocycles. The highest BCUT2D eigenvalue weighted by Crippen LogP contribution is 2.29. The van der Waals surface area contributed by atoms with E-state index in [-0.39, 0.29) is 6.04 Å². The van der Waals surface area contributed by atoms with E-state index in [1.54, 1.807) is 18.4 Å². The van der Waals surface area contributed by atoms with Gasteiger partial charge >= 0.3 is 0 Å². The third kappa shape index (κ3) is 5.32. The van der Waals surface area contributed by atoms with Crippen molar-refractivity contribution in [2.24, 2.45) is 0 Å². The number of rotatable bonds is 9. The summed E-state index contributed by atoms with van der Waals surface area (Å²) < 4.78 is 11.4. The maximum atomic E-state index is 10.5. The van der Waals surface area contributed by atoms with Crippen LogP contribution in [0, 0.1) is 0 Å². The largest absolute Gasteiger partial charge is 0.493 e. The molecule has 0 saturated carbocycles. The van der Waals surface area contributed by atoms with E-state index in [0.29, 0.717) is 18.9 Å². The van der Waals surface area contributed by atoms with E-state index in [9.17, 15) is 5.11 Å². The molecule has 2 atom stereocenters. The minimum absolute atomic E-state index is 0.0758. The van der Waals surface area contributed by atoms with Crippen molar-refractivity contribution < 1.29 is 14.6 Å². The van der Waals surface area contributed by atoms with Crippen molar-refractivity contribution in [1.29, 1.82) is 0 Å². The first kappa shape index (κ1) is 19.4. The van der Waals surface area contributed by atoms with E-state index in [4.69, 9.17) is 9.47 Å². The zero-order valence-electron chi connectivity index (χ0n) is 15.6. The number of methoxy groups -OCH3 is 1. The zero-order valence-corrected chi connectivity index (χ0v) is 16.4. The second-order valence-corrected chi connectivity index (χ2v) is 7.41. The first-order valence-corrected chi connectivity index (χ1v) is 9.84. The average Bonchev–Trinajstić information content (AvgIpc) is 3.24. The normalized spacial score (nSPS) is 13.1. The maximum absolute atomic E-state index is 10.5. The summed E-state index contributed by atoms with van der Waals surface area (Å²) in [4.78, 5) is 1.17. The molecule has 0 aliphatic carbocycles. The van der Waals surface area contributed by atoms with Crippen LogP contribution in [0.1, 0.15) is 29.0 Å². The van der Waals surface area contributed by atoms with E-state index >= 15 is 0 Å². The number of aliphatic hydroxyl groups is 1. The Kier molecular flexibility index (Phi) is 6.87. The molecule has 3 aromatic rings. The number of aliphatic hydroxyl groups excluding tert-OH is 1.